The van der Waals surface area contributed by atoms with E-state index < -0.39 is 11.6 Å². The van der Waals surface area contributed by atoms with E-state index in [0.29, 0.717) is 15.5 Å². The molecule has 6 heteroatoms. The third-order valence-corrected chi connectivity index (χ3v) is 3.66. The van der Waals surface area contributed by atoms with E-state index >= 15 is 0 Å². The predicted molar refractivity (Wildman–Crippen MR) is 74.2 cm³/mol. The molecule has 1 aromatic carbocycles. The fraction of sp³-hybridized carbons (Fsp3) is 0.231. The second-order valence-electron chi connectivity index (χ2n) is 3.87. The summed E-state index contributed by atoms with van der Waals surface area (Å²) >= 11 is 4.38. The largest absolute Gasteiger partial charge is 0.226 e. The van der Waals surface area contributed by atoms with Crippen molar-refractivity contribution in [2.75, 3.05) is 0 Å². The molecular formula is C13H11BrF2N2S. The molecule has 0 aliphatic heterocycles. The Balaban J connectivity index is 2.29. The molecule has 1 aromatic heterocycles. The van der Waals surface area contributed by atoms with Gasteiger partial charge in [0.2, 0.25) is 0 Å². The zero-order chi connectivity index (χ0) is 13.8. The van der Waals surface area contributed by atoms with Crippen molar-refractivity contribution in [3.05, 3.63) is 46.3 Å². The zero-order valence-corrected chi connectivity index (χ0v) is 12.6. The Morgan fingerprint density at radius 2 is 2.00 bits per heavy atom. The maximum Gasteiger partial charge on any atom is 0.137 e. The summed E-state index contributed by atoms with van der Waals surface area (Å²) in [5, 5.41) is 0.592. The number of nitrogens with zero attached hydrogens (tertiary/aromatic N) is 2. The molecule has 0 saturated heterocycles. The van der Waals surface area contributed by atoms with Gasteiger partial charge in [-0.15, -0.1) is 0 Å². The van der Waals surface area contributed by atoms with Gasteiger partial charge in [-0.2, -0.15) is 0 Å². The van der Waals surface area contributed by atoms with Gasteiger partial charge in [0.05, 0.1) is 4.90 Å². The summed E-state index contributed by atoms with van der Waals surface area (Å²) in [7, 11) is 0. The van der Waals surface area contributed by atoms with Crippen LogP contribution in [0.1, 0.15) is 19.2 Å². The summed E-state index contributed by atoms with van der Waals surface area (Å²) in [5.41, 5.74) is 0. The highest BCUT2D eigenvalue weighted by molar-refractivity contribution is 9.10. The molecule has 0 amide bonds. The number of benzene rings is 1. The van der Waals surface area contributed by atoms with Crippen molar-refractivity contribution in [1.29, 1.82) is 0 Å². The third kappa shape index (κ3) is 3.98. The Hall–Kier alpha value is -1.01. The smallest absolute Gasteiger partial charge is 0.137 e. The first kappa shape index (κ1) is 14.4. The molecule has 2 aromatic rings. The summed E-state index contributed by atoms with van der Waals surface area (Å²) in [6, 6.07) is 5.06. The molecule has 2 nitrogen and oxygen atoms in total. The Morgan fingerprint density at radius 1 is 1.21 bits per heavy atom. The summed E-state index contributed by atoms with van der Waals surface area (Å²) in [6.45, 7) is 2.03. The second-order valence-corrected chi connectivity index (χ2v) is 5.75. The monoisotopic (exact) mass is 344 g/mol. The van der Waals surface area contributed by atoms with Crippen LogP contribution < -0.4 is 0 Å². The van der Waals surface area contributed by atoms with E-state index in [1.54, 1.807) is 6.07 Å². The number of rotatable bonds is 4. The van der Waals surface area contributed by atoms with Crippen LogP contribution in [0.2, 0.25) is 0 Å². The fourth-order valence-electron chi connectivity index (χ4n) is 1.50. The lowest BCUT2D eigenvalue weighted by atomic mass is 10.3. The van der Waals surface area contributed by atoms with E-state index in [9.17, 15) is 8.78 Å². The molecule has 0 aliphatic carbocycles. The van der Waals surface area contributed by atoms with E-state index in [0.717, 1.165) is 42.8 Å². The van der Waals surface area contributed by atoms with Crippen LogP contribution >= 0.6 is 27.7 Å². The van der Waals surface area contributed by atoms with Crippen LogP contribution in [0.5, 0.6) is 0 Å². The molecule has 0 radical (unpaired) electrons. The normalized spacial score (nSPS) is 10.7. The SMILES string of the molecule is CCCc1nc(Br)cc(Sc2cc(F)ccc2F)n1. The Labute approximate surface area is 122 Å². The topological polar surface area (TPSA) is 25.8 Å². The van der Waals surface area contributed by atoms with Crippen molar-refractivity contribution >= 4 is 27.7 Å². The Bertz CT molecular complexity index is 593. The standard InChI is InChI=1S/C13H11BrF2N2S/c1-2-3-12-17-11(14)7-13(18-12)19-10-6-8(15)4-5-9(10)16/h4-7H,2-3H2,1H3. The number of aryl methyl sites for hydroxylation is 1. The fourth-order valence-corrected chi connectivity index (χ4v) is 2.95. The quantitative estimate of drug-likeness (QED) is 0.756. The average molecular weight is 345 g/mol. The van der Waals surface area contributed by atoms with Gasteiger partial charge in [0.15, 0.2) is 0 Å². The molecule has 0 fully saturated rings. The van der Waals surface area contributed by atoms with Gasteiger partial charge in [-0.1, -0.05) is 18.7 Å². The summed E-state index contributed by atoms with van der Waals surface area (Å²) < 4.78 is 27.3. The minimum absolute atomic E-state index is 0.216. The van der Waals surface area contributed by atoms with Crippen molar-refractivity contribution in [3.63, 3.8) is 0 Å². The molecule has 0 atom stereocenters. The molecule has 0 aliphatic rings. The highest BCUT2D eigenvalue weighted by Crippen LogP contribution is 2.30. The van der Waals surface area contributed by atoms with Crippen LogP contribution in [0.4, 0.5) is 8.78 Å². The zero-order valence-electron chi connectivity index (χ0n) is 10.2. The first-order valence-electron chi connectivity index (χ1n) is 5.75. The molecule has 0 spiro atoms. The summed E-state index contributed by atoms with van der Waals surface area (Å²) in [5.74, 6) is -0.236. The highest BCUT2D eigenvalue weighted by atomic mass is 79.9. The van der Waals surface area contributed by atoms with E-state index in [1.165, 1.54) is 0 Å². The van der Waals surface area contributed by atoms with Crippen molar-refractivity contribution in [3.8, 4) is 0 Å². The molecule has 2 rings (SSSR count). The van der Waals surface area contributed by atoms with Crippen molar-refractivity contribution in [2.24, 2.45) is 0 Å². The molecule has 1 heterocycles. The van der Waals surface area contributed by atoms with E-state index in [2.05, 4.69) is 25.9 Å². The van der Waals surface area contributed by atoms with E-state index in [1.807, 2.05) is 6.92 Å². The molecule has 0 saturated carbocycles. The lowest BCUT2D eigenvalue weighted by Gasteiger charge is -2.05. The first-order valence-corrected chi connectivity index (χ1v) is 7.36. The predicted octanol–water partition coefficient (Wildman–Crippen LogP) is 4.62. The van der Waals surface area contributed by atoms with Crippen LogP contribution in [-0.4, -0.2) is 9.97 Å². The minimum Gasteiger partial charge on any atom is -0.226 e. The lowest BCUT2D eigenvalue weighted by molar-refractivity contribution is 0.577. The van der Waals surface area contributed by atoms with Crippen LogP contribution in [-0.2, 0) is 6.42 Å². The highest BCUT2D eigenvalue weighted by Gasteiger charge is 2.09. The van der Waals surface area contributed by atoms with E-state index in [-0.39, 0.29) is 4.90 Å². The molecular weight excluding hydrogens is 334 g/mol. The van der Waals surface area contributed by atoms with Crippen molar-refractivity contribution < 1.29 is 8.78 Å². The molecule has 0 bridgehead atoms. The Morgan fingerprint density at radius 3 is 2.74 bits per heavy atom. The van der Waals surface area contributed by atoms with Crippen LogP contribution in [0.15, 0.2) is 38.8 Å². The molecule has 0 N–H and O–H groups in total. The van der Waals surface area contributed by atoms with Crippen LogP contribution in [0, 0.1) is 11.6 Å². The van der Waals surface area contributed by atoms with Gasteiger partial charge in [-0.05, 0) is 40.5 Å². The summed E-state index contributed by atoms with van der Waals surface area (Å²) in [6.07, 6.45) is 1.67. The molecule has 19 heavy (non-hydrogen) atoms. The lowest BCUT2D eigenvalue weighted by Crippen LogP contribution is -1.96. The maximum atomic E-state index is 13.6. The molecule has 0 unspecified atom stereocenters. The van der Waals surface area contributed by atoms with Gasteiger partial charge in [-0.25, -0.2) is 18.7 Å². The van der Waals surface area contributed by atoms with Gasteiger partial charge in [-0.3, -0.25) is 0 Å². The number of hydrogen-bond donors (Lipinski definition) is 0. The third-order valence-electron chi connectivity index (χ3n) is 2.30. The van der Waals surface area contributed by atoms with Gasteiger partial charge in [0.25, 0.3) is 0 Å². The number of aromatic nitrogens is 2. The number of halogens is 3. The second kappa shape index (κ2) is 6.43. The van der Waals surface area contributed by atoms with Crippen LogP contribution in [0.25, 0.3) is 0 Å². The minimum atomic E-state index is -0.467. The van der Waals surface area contributed by atoms with E-state index in [4.69, 9.17) is 0 Å². The van der Waals surface area contributed by atoms with Gasteiger partial charge < -0.3 is 0 Å². The average Bonchev–Trinajstić information content (AvgIpc) is 2.33. The maximum absolute atomic E-state index is 13.6. The Kier molecular flexibility index (Phi) is 4.87. The molecule has 100 valence electrons. The summed E-state index contributed by atoms with van der Waals surface area (Å²) in [4.78, 5) is 8.77. The number of hydrogen-bond acceptors (Lipinski definition) is 3. The van der Waals surface area contributed by atoms with Gasteiger partial charge in [0, 0.05) is 12.5 Å². The van der Waals surface area contributed by atoms with Crippen molar-refractivity contribution in [2.45, 2.75) is 29.7 Å². The first-order chi connectivity index (χ1) is 9.08. The van der Waals surface area contributed by atoms with Gasteiger partial charge in [0.1, 0.15) is 27.1 Å². The van der Waals surface area contributed by atoms with Gasteiger partial charge >= 0.3 is 0 Å². The van der Waals surface area contributed by atoms with Crippen LogP contribution in [0.3, 0.4) is 0 Å². The van der Waals surface area contributed by atoms with Crippen molar-refractivity contribution in [1.82, 2.24) is 9.97 Å².